The molecule has 0 radical (unpaired) electrons. The van der Waals surface area contributed by atoms with Crippen LogP contribution in [0.2, 0.25) is 0 Å². The molecular weight excluding hydrogens is 674 g/mol. The molecule has 2 unspecified atom stereocenters. The van der Waals surface area contributed by atoms with Gasteiger partial charge in [0.15, 0.2) is 6.10 Å². The summed E-state index contributed by atoms with van der Waals surface area (Å²) in [5, 5.41) is 5.65. The van der Waals surface area contributed by atoms with Crippen LogP contribution in [-0.4, -0.2) is 102 Å². The number of nitrogens with one attached hydrogen (secondary N) is 2. The fourth-order valence-corrected chi connectivity index (χ4v) is 8.32. The second kappa shape index (κ2) is 13.3. The topological polar surface area (TPSA) is 122 Å². The van der Waals surface area contributed by atoms with Gasteiger partial charge in [-0.1, -0.05) is 0 Å². The van der Waals surface area contributed by atoms with E-state index < -0.39 is 66.7 Å². The monoisotopic (exact) mass is 715 g/mol. The third kappa shape index (κ3) is 7.04. The molecule has 51 heavy (non-hydrogen) atoms. The van der Waals surface area contributed by atoms with Crippen molar-refractivity contribution in [1.82, 2.24) is 20.1 Å². The summed E-state index contributed by atoms with van der Waals surface area (Å²) >= 11 is 0. The Labute approximate surface area is 292 Å². The molecule has 2 saturated carbocycles. The molecule has 3 amide bonds. The number of rotatable bonds is 9. The van der Waals surface area contributed by atoms with Crippen molar-refractivity contribution in [2.75, 3.05) is 44.8 Å². The number of fused-ring (bicyclic) bond motifs is 1. The van der Waals surface area contributed by atoms with E-state index in [9.17, 15) is 27.6 Å². The maximum atomic E-state index is 16.1. The quantitative estimate of drug-likeness (QED) is 0.370. The number of pyridine rings is 1. The fraction of sp³-hybridized carbons (Fsp3) is 0.611. The number of anilines is 1. The molecule has 274 valence electrons. The van der Waals surface area contributed by atoms with Gasteiger partial charge in [0, 0.05) is 49.1 Å². The van der Waals surface area contributed by atoms with Crippen molar-refractivity contribution in [3.05, 3.63) is 53.6 Å². The lowest BCUT2D eigenvalue weighted by Gasteiger charge is -2.51. The number of benzene rings is 1. The number of likely N-dealkylation sites (tertiary alicyclic amines) is 1. The molecule has 1 spiro atoms. The molecule has 8 rings (SSSR count). The molecule has 5 fully saturated rings. The summed E-state index contributed by atoms with van der Waals surface area (Å²) < 4.78 is 74.5. The van der Waals surface area contributed by atoms with Gasteiger partial charge in [0.1, 0.15) is 29.8 Å². The Bertz CT molecular complexity index is 1650. The van der Waals surface area contributed by atoms with Crippen molar-refractivity contribution in [2.24, 2.45) is 17.8 Å². The van der Waals surface area contributed by atoms with Crippen molar-refractivity contribution in [1.29, 1.82) is 0 Å². The first-order valence-electron chi connectivity index (χ1n) is 17.8. The predicted molar refractivity (Wildman–Crippen MR) is 173 cm³/mol. The minimum Gasteiger partial charge on any atom is -0.487 e. The molecule has 0 bridgehead atoms. The highest BCUT2D eigenvalue weighted by atomic mass is 19.4. The first-order chi connectivity index (χ1) is 24.5. The molecule has 4 aliphatic heterocycles. The molecule has 6 aliphatic rings. The minimum absolute atomic E-state index is 0.111. The van der Waals surface area contributed by atoms with Gasteiger partial charge in [0.25, 0.3) is 5.91 Å². The summed E-state index contributed by atoms with van der Waals surface area (Å²) in [5.74, 6) is -1.81. The number of piperidine rings is 1. The average Bonchev–Trinajstić information content (AvgIpc) is 4.02. The van der Waals surface area contributed by atoms with Crippen molar-refractivity contribution in [3.8, 4) is 5.75 Å². The van der Waals surface area contributed by atoms with Crippen molar-refractivity contribution in [2.45, 2.75) is 81.0 Å². The number of morpholine rings is 1. The van der Waals surface area contributed by atoms with E-state index in [1.165, 1.54) is 18.5 Å². The first-order valence-corrected chi connectivity index (χ1v) is 17.8. The Morgan fingerprint density at radius 2 is 1.71 bits per heavy atom. The van der Waals surface area contributed by atoms with Crippen LogP contribution in [0.15, 0.2) is 36.7 Å². The van der Waals surface area contributed by atoms with Crippen LogP contribution in [-0.2, 0) is 19.1 Å². The predicted octanol–water partition coefficient (Wildman–Crippen LogP) is 4.24. The number of hydrogen-bond acceptors (Lipinski definition) is 8. The highest BCUT2D eigenvalue weighted by Crippen LogP contribution is 2.52. The molecule has 15 heteroatoms. The van der Waals surface area contributed by atoms with Crippen LogP contribution >= 0.6 is 0 Å². The number of carbonyl (C=O) groups excluding carboxylic acids is 3. The van der Waals surface area contributed by atoms with Gasteiger partial charge in [-0.05, 0) is 74.5 Å². The lowest BCUT2D eigenvalue weighted by atomic mass is 9.79. The number of halogens is 4. The number of hydrogen-bond donors (Lipinski definition) is 2. The maximum absolute atomic E-state index is 16.1. The average molecular weight is 716 g/mol. The van der Waals surface area contributed by atoms with E-state index in [0.29, 0.717) is 50.8 Å². The maximum Gasteiger partial charge on any atom is 0.416 e. The number of nitrogens with zero attached hydrogens (tertiary/aromatic N) is 3. The van der Waals surface area contributed by atoms with Gasteiger partial charge in [-0.3, -0.25) is 24.3 Å². The van der Waals surface area contributed by atoms with Gasteiger partial charge in [0.2, 0.25) is 11.8 Å². The molecule has 2 aliphatic carbocycles. The first kappa shape index (κ1) is 34.3. The van der Waals surface area contributed by atoms with Crippen LogP contribution in [0.25, 0.3) is 0 Å². The molecule has 2 aromatic rings. The Hall–Kier alpha value is -3.82. The van der Waals surface area contributed by atoms with Gasteiger partial charge >= 0.3 is 6.18 Å². The zero-order valence-corrected chi connectivity index (χ0v) is 28.0. The van der Waals surface area contributed by atoms with Crippen molar-refractivity contribution >= 4 is 23.4 Å². The van der Waals surface area contributed by atoms with E-state index in [0.717, 1.165) is 36.6 Å². The van der Waals surface area contributed by atoms with Crippen molar-refractivity contribution in [3.63, 3.8) is 0 Å². The summed E-state index contributed by atoms with van der Waals surface area (Å²) in [6.07, 6.45) is 1.15. The summed E-state index contributed by atoms with van der Waals surface area (Å²) in [6, 6.07) is 4.10. The van der Waals surface area contributed by atoms with Crippen LogP contribution in [0.3, 0.4) is 0 Å². The van der Waals surface area contributed by atoms with Crippen molar-refractivity contribution < 1.29 is 46.2 Å². The van der Waals surface area contributed by atoms with Crippen LogP contribution < -0.4 is 15.4 Å². The Balaban J connectivity index is 1.09. The van der Waals surface area contributed by atoms with Gasteiger partial charge < -0.3 is 29.7 Å². The van der Waals surface area contributed by atoms with E-state index in [1.807, 2.05) is 0 Å². The van der Waals surface area contributed by atoms with E-state index in [-0.39, 0.29) is 41.2 Å². The number of alkyl halides is 3. The molecule has 2 N–H and O–H groups in total. The van der Waals surface area contributed by atoms with Gasteiger partial charge in [0.05, 0.1) is 37.5 Å². The van der Waals surface area contributed by atoms with Crippen LogP contribution in [0.1, 0.15) is 66.9 Å². The largest absolute Gasteiger partial charge is 0.487 e. The fourth-order valence-electron chi connectivity index (χ4n) is 8.32. The van der Waals surface area contributed by atoms with Gasteiger partial charge in [-0.25, -0.2) is 4.39 Å². The zero-order chi connectivity index (χ0) is 35.5. The highest BCUT2D eigenvalue weighted by molar-refractivity contribution is 6.01. The molecule has 1 aromatic heterocycles. The molecular formula is C36H41F4N5O6. The Kier molecular flexibility index (Phi) is 8.94. The lowest BCUT2D eigenvalue weighted by molar-refractivity contribution is -0.238. The number of ether oxygens (including phenoxy) is 3. The van der Waals surface area contributed by atoms with Crippen LogP contribution in [0, 0.1) is 23.6 Å². The number of aromatic nitrogens is 1. The normalized spacial score (nSPS) is 25.9. The summed E-state index contributed by atoms with van der Waals surface area (Å²) in [4.78, 5) is 47.9. The summed E-state index contributed by atoms with van der Waals surface area (Å²) in [6.45, 7) is 1.12. The lowest BCUT2D eigenvalue weighted by Crippen LogP contribution is -2.59. The second-order valence-corrected chi connectivity index (χ2v) is 14.9. The van der Waals surface area contributed by atoms with E-state index in [2.05, 4.69) is 20.5 Å². The summed E-state index contributed by atoms with van der Waals surface area (Å²) in [7, 11) is 0. The highest BCUT2D eigenvalue weighted by Gasteiger charge is 2.52. The van der Waals surface area contributed by atoms with Crippen LogP contribution in [0.5, 0.6) is 5.75 Å². The molecule has 1 aromatic carbocycles. The number of amides is 3. The zero-order valence-electron chi connectivity index (χ0n) is 28.0. The summed E-state index contributed by atoms with van der Waals surface area (Å²) in [5.41, 5.74) is -0.430. The SMILES string of the molecule is O=C(N[C@H](C(=O)Nc1cc2c(cc1F)C(N1CC(C(F)(F)F)OCC1=O)CC1(CCN(C3COC3)CC1)O2)C(C1CC1)C1CC1)c1ccncc1. The van der Waals surface area contributed by atoms with Gasteiger partial charge in [-0.2, -0.15) is 13.2 Å². The van der Waals surface area contributed by atoms with E-state index >= 15 is 4.39 Å². The van der Waals surface area contributed by atoms with E-state index in [4.69, 9.17) is 14.2 Å². The Morgan fingerprint density at radius 1 is 1.02 bits per heavy atom. The Morgan fingerprint density at radius 3 is 2.31 bits per heavy atom. The minimum atomic E-state index is -4.69. The van der Waals surface area contributed by atoms with Crippen LogP contribution in [0.4, 0.5) is 23.2 Å². The standard InChI is InChI=1S/C36H41F4N5O6/c37-25-13-24-27(45-16-29(36(38,39)40)50-19-30(45)46)15-35(7-11-44(12-8-35)23-17-49-18-23)51-28(24)14-26(25)42-34(48)32(31(20-1-2-20)21-3-4-21)43-33(47)22-5-9-41-10-6-22/h5-6,9-10,13-14,20-21,23,27,29,31-32H,1-4,7-8,11-12,15-19H2,(H,42,48)(H,43,47)/t27?,29?,32-/m0/s1. The number of carbonyl (C=O) groups is 3. The molecule has 5 heterocycles. The smallest absolute Gasteiger partial charge is 0.416 e. The van der Waals surface area contributed by atoms with Gasteiger partial charge in [-0.15, -0.1) is 0 Å². The third-order valence-corrected chi connectivity index (χ3v) is 11.5. The molecule has 3 saturated heterocycles. The van der Waals surface area contributed by atoms with E-state index in [1.54, 1.807) is 12.1 Å². The molecule has 3 atom stereocenters. The second-order valence-electron chi connectivity index (χ2n) is 14.9. The third-order valence-electron chi connectivity index (χ3n) is 11.5. The molecule has 11 nitrogen and oxygen atoms in total.